The van der Waals surface area contributed by atoms with Gasteiger partial charge in [0.2, 0.25) is 0 Å². The average Bonchev–Trinajstić information content (AvgIpc) is 2.30. The third-order valence-corrected chi connectivity index (χ3v) is 2.36. The van der Waals surface area contributed by atoms with Crippen LogP contribution in [0.3, 0.4) is 0 Å². The fourth-order valence-corrected chi connectivity index (χ4v) is 1.54. The SMILES string of the molecule is CCOC(=O)C1=NN=C2C=CC(C)=CN2C1O. The lowest BCUT2D eigenvalue weighted by molar-refractivity contribution is -0.135. The molecule has 6 heteroatoms. The minimum absolute atomic E-state index is 0.102. The molecular formula is C11H13N3O3. The minimum atomic E-state index is -1.15. The van der Waals surface area contributed by atoms with Gasteiger partial charge in [0.05, 0.1) is 6.61 Å². The van der Waals surface area contributed by atoms with E-state index >= 15 is 0 Å². The van der Waals surface area contributed by atoms with Gasteiger partial charge in [0.25, 0.3) is 0 Å². The zero-order chi connectivity index (χ0) is 12.4. The van der Waals surface area contributed by atoms with Crippen molar-refractivity contribution in [1.29, 1.82) is 0 Å². The van der Waals surface area contributed by atoms with Crippen LogP contribution in [0.1, 0.15) is 13.8 Å². The zero-order valence-corrected chi connectivity index (χ0v) is 9.62. The van der Waals surface area contributed by atoms with Crippen LogP contribution in [0.25, 0.3) is 0 Å². The Labute approximate surface area is 98.6 Å². The molecule has 0 amide bonds. The molecule has 90 valence electrons. The highest BCUT2D eigenvalue weighted by Gasteiger charge is 2.32. The Morgan fingerprint density at radius 2 is 2.29 bits per heavy atom. The summed E-state index contributed by atoms with van der Waals surface area (Å²) in [7, 11) is 0. The molecule has 17 heavy (non-hydrogen) atoms. The van der Waals surface area contributed by atoms with E-state index in [1.165, 1.54) is 4.90 Å². The maximum atomic E-state index is 11.5. The lowest BCUT2D eigenvalue weighted by Gasteiger charge is -2.30. The number of nitrogens with zero attached hydrogens (tertiary/aromatic N) is 3. The molecule has 0 fully saturated rings. The summed E-state index contributed by atoms with van der Waals surface area (Å²) in [6.07, 6.45) is 4.13. The highest BCUT2D eigenvalue weighted by Crippen LogP contribution is 2.16. The first-order chi connectivity index (χ1) is 8.13. The number of rotatable bonds is 2. The van der Waals surface area contributed by atoms with Gasteiger partial charge >= 0.3 is 5.97 Å². The zero-order valence-electron chi connectivity index (χ0n) is 9.62. The fraction of sp³-hybridized carbons (Fsp3) is 0.364. The van der Waals surface area contributed by atoms with Gasteiger partial charge < -0.3 is 9.84 Å². The van der Waals surface area contributed by atoms with E-state index in [1.54, 1.807) is 19.2 Å². The molecule has 0 aliphatic carbocycles. The number of hydrogen-bond acceptors (Lipinski definition) is 6. The number of aliphatic hydroxyl groups is 1. The Balaban J connectivity index is 2.28. The maximum Gasteiger partial charge on any atom is 0.359 e. The number of carbonyl (C=O) groups is 1. The molecule has 0 bridgehead atoms. The summed E-state index contributed by atoms with van der Waals surface area (Å²) in [6, 6.07) is 0. The van der Waals surface area contributed by atoms with Crippen molar-refractivity contribution in [3.63, 3.8) is 0 Å². The second-order valence-electron chi connectivity index (χ2n) is 3.65. The van der Waals surface area contributed by atoms with Crippen molar-refractivity contribution in [2.24, 2.45) is 10.2 Å². The Morgan fingerprint density at radius 1 is 1.53 bits per heavy atom. The standard InChI is InChI=1S/C11H13N3O3/c1-3-17-11(16)9-10(15)14-6-7(2)4-5-8(14)12-13-9/h4-6,10,15H,3H2,1-2H3. The topological polar surface area (TPSA) is 74.5 Å². The van der Waals surface area contributed by atoms with E-state index in [0.717, 1.165) is 5.57 Å². The van der Waals surface area contributed by atoms with Gasteiger partial charge in [0.15, 0.2) is 17.8 Å². The van der Waals surface area contributed by atoms with Gasteiger partial charge in [-0.3, -0.25) is 4.90 Å². The highest BCUT2D eigenvalue weighted by molar-refractivity contribution is 6.39. The number of fused-ring (bicyclic) bond motifs is 1. The van der Waals surface area contributed by atoms with Gasteiger partial charge in [-0.25, -0.2) is 4.79 Å². The number of hydrogen-bond donors (Lipinski definition) is 1. The number of ether oxygens (including phenoxy) is 1. The first kappa shape index (κ1) is 11.5. The van der Waals surface area contributed by atoms with Gasteiger partial charge in [0, 0.05) is 6.20 Å². The van der Waals surface area contributed by atoms with Crippen LogP contribution in [0.4, 0.5) is 0 Å². The van der Waals surface area contributed by atoms with E-state index in [1.807, 2.05) is 13.0 Å². The van der Waals surface area contributed by atoms with Crippen LogP contribution in [0.5, 0.6) is 0 Å². The van der Waals surface area contributed by atoms with Gasteiger partial charge in [-0.05, 0) is 25.5 Å². The first-order valence-corrected chi connectivity index (χ1v) is 5.29. The Hall–Kier alpha value is -1.95. The van der Waals surface area contributed by atoms with Crippen LogP contribution < -0.4 is 0 Å². The Bertz CT molecular complexity index is 463. The summed E-state index contributed by atoms with van der Waals surface area (Å²) < 4.78 is 4.79. The van der Waals surface area contributed by atoms with Crippen molar-refractivity contribution in [3.05, 3.63) is 23.9 Å². The van der Waals surface area contributed by atoms with Gasteiger partial charge in [-0.1, -0.05) is 6.08 Å². The molecule has 2 aliphatic heterocycles. The van der Waals surface area contributed by atoms with Crippen molar-refractivity contribution in [3.8, 4) is 0 Å². The smallest absolute Gasteiger partial charge is 0.359 e. The van der Waals surface area contributed by atoms with E-state index in [9.17, 15) is 9.90 Å². The molecule has 0 saturated heterocycles. The van der Waals surface area contributed by atoms with Crippen molar-refractivity contribution in [2.45, 2.75) is 20.1 Å². The van der Waals surface area contributed by atoms with Crippen LogP contribution >= 0.6 is 0 Å². The van der Waals surface area contributed by atoms with Gasteiger partial charge in [0.1, 0.15) is 0 Å². The molecule has 1 unspecified atom stereocenters. The molecule has 0 saturated carbocycles. The molecule has 6 nitrogen and oxygen atoms in total. The molecule has 2 aliphatic rings. The van der Waals surface area contributed by atoms with Crippen molar-refractivity contribution in [2.75, 3.05) is 6.61 Å². The van der Waals surface area contributed by atoms with E-state index in [4.69, 9.17) is 4.74 Å². The quantitative estimate of drug-likeness (QED) is 0.703. The van der Waals surface area contributed by atoms with Gasteiger partial charge in [-0.15, -0.1) is 10.2 Å². The van der Waals surface area contributed by atoms with E-state index < -0.39 is 12.2 Å². The molecule has 2 rings (SSSR count). The predicted molar refractivity (Wildman–Crippen MR) is 62.2 cm³/mol. The number of allylic oxidation sites excluding steroid dienone is 2. The van der Waals surface area contributed by atoms with Gasteiger partial charge in [-0.2, -0.15) is 0 Å². The molecular weight excluding hydrogens is 222 g/mol. The summed E-state index contributed by atoms with van der Waals surface area (Å²) in [5.74, 6) is -0.153. The molecule has 0 aromatic carbocycles. The normalized spacial score (nSPS) is 22.4. The molecule has 1 atom stereocenters. The second kappa shape index (κ2) is 4.50. The Morgan fingerprint density at radius 3 is 3.00 bits per heavy atom. The van der Waals surface area contributed by atoms with Crippen LogP contribution in [-0.2, 0) is 9.53 Å². The molecule has 0 aromatic rings. The monoisotopic (exact) mass is 235 g/mol. The molecule has 0 radical (unpaired) electrons. The summed E-state index contributed by atoms with van der Waals surface area (Å²) in [4.78, 5) is 13.0. The lowest BCUT2D eigenvalue weighted by Crippen LogP contribution is -2.47. The maximum absolute atomic E-state index is 11.5. The van der Waals surface area contributed by atoms with E-state index in [2.05, 4.69) is 10.2 Å². The van der Waals surface area contributed by atoms with Crippen molar-refractivity contribution in [1.82, 2.24) is 4.90 Å². The Kier molecular flexibility index (Phi) is 3.06. The van der Waals surface area contributed by atoms with Crippen LogP contribution in [-0.4, -0.2) is 40.4 Å². The van der Waals surface area contributed by atoms with Crippen molar-refractivity contribution < 1.29 is 14.6 Å². The van der Waals surface area contributed by atoms with Crippen molar-refractivity contribution >= 4 is 17.5 Å². The van der Waals surface area contributed by atoms with Crippen LogP contribution in [0.15, 0.2) is 34.1 Å². The summed E-state index contributed by atoms with van der Waals surface area (Å²) in [5, 5.41) is 17.6. The largest absolute Gasteiger partial charge is 0.461 e. The third-order valence-electron chi connectivity index (χ3n) is 2.36. The molecule has 1 N–H and O–H groups in total. The predicted octanol–water partition coefficient (Wildman–Crippen LogP) is 0.412. The molecule has 0 spiro atoms. The summed E-state index contributed by atoms with van der Waals surface area (Å²) >= 11 is 0. The summed E-state index contributed by atoms with van der Waals surface area (Å²) in [6.45, 7) is 3.81. The summed E-state index contributed by atoms with van der Waals surface area (Å²) in [5.41, 5.74) is 0.850. The number of amidine groups is 1. The number of carbonyl (C=O) groups excluding carboxylic acids is 1. The molecule has 2 heterocycles. The minimum Gasteiger partial charge on any atom is -0.461 e. The number of esters is 1. The second-order valence-corrected chi connectivity index (χ2v) is 3.65. The van der Waals surface area contributed by atoms with E-state index in [0.29, 0.717) is 5.84 Å². The third kappa shape index (κ3) is 2.12. The fourth-order valence-electron chi connectivity index (χ4n) is 1.54. The first-order valence-electron chi connectivity index (χ1n) is 5.29. The lowest BCUT2D eigenvalue weighted by atomic mass is 10.2. The van der Waals surface area contributed by atoms with Crippen LogP contribution in [0, 0.1) is 0 Å². The van der Waals surface area contributed by atoms with Crippen LogP contribution in [0.2, 0.25) is 0 Å². The highest BCUT2D eigenvalue weighted by atomic mass is 16.5. The average molecular weight is 235 g/mol. The molecule has 0 aromatic heterocycles. The van der Waals surface area contributed by atoms with E-state index in [-0.39, 0.29) is 12.3 Å². The number of aliphatic hydroxyl groups excluding tert-OH is 1.